The van der Waals surface area contributed by atoms with Crippen LogP contribution in [0.3, 0.4) is 0 Å². The van der Waals surface area contributed by atoms with Crippen LogP contribution in [-0.2, 0) is 12.8 Å². The highest BCUT2D eigenvalue weighted by Gasteiger charge is 2.24. The molecule has 144 valence electrons. The highest BCUT2D eigenvalue weighted by atomic mass is 35.5. The minimum absolute atomic E-state index is 0. The van der Waals surface area contributed by atoms with Crippen molar-refractivity contribution < 1.29 is 4.42 Å². The van der Waals surface area contributed by atoms with Crippen molar-refractivity contribution in [1.29, 1.82) is 0 Å². The lowest BCUT2D eigenvalue weighted by atomic mass is 9.87. The van der Waals surface area contributed by atoms with Crippen LogP contribution in [0.2, 0.25) is 0 Å². The van der Waals surface area contributed by atoms with Gasteiger partial charge in [0.15, 0.2) is 0 Å². The van der Waals surface area contributed by atoms with Crippen molar-refractivity contribution in [1.82, 2.24) is 4.98 Å². The molecule has 1 aromatic carbocycles. The Morgan fingerprint density at radius 1 is 1.07 bits per heavy atom. The summed E-state index contributed by atoms with van der Waals surface area (Å²) in [5.41, 5.74) is 6.23. The summed E-state index contributed by atoms with van der Waals surface area (Å²) in [5.74, 6) is 2.64. The van der Waals surface area contributed by atoms with E-state index in [1.165, 1.54) is 51.0 Å². The van der Waals surface area contributed by atoms with Gasteiger partial charge in [0.2, 0.25) is 0 Å². The van der Waals surface area contributed by atoms with E-state index >= 15 is 0 Å². The summed E-state index contributed by atoms with van der Waals surface area (Å²) in [6.45, 7) is 6.39. The van der Waals surface area contributed by atoms with Crippen LogP contribution < -0.4 is 0 Å². The van der Waals surface area contributed by atoms with Crippen LogP contribution >= 0.6 is 23.7 Å². The van der Waals surface area contributed by atoms with Gasteiger partial charge >= 0.3 is 0 Å². The summed E-state index contributed by atoms with van der Waals surface area (Å²) in [6, 6.07) is 15.1. The number of halogens is 1. The average molecular weight is 410 g/mol. The highest BCUT2D eigenvalue weighted by Crippen LogP contribution is 2.43. The summed E-state index contributed by atoms with van der Waals surface area (Å²) < 4.78 is 5.79. The van der Waals surface area contributed by atoms with Gasteiger partial charge in [-0.05, 0) is 67.9 Å². The molecule has 0 bridgehead atoms. The number of pyridine rings is 1. The zero-order valence-corrected chi connectivity index (χ0v) is 18.0. The third-order valence-corrected chi connectivity index (χ3v) is 6.82. The van der Waals surface area contributed by atoms with Gasteiger partial charge in [-0.2, -0.15) is 0 Å². The van der Waals surface area contributed by atoms with Crippen LogP contribution in [0.25, 0.3) is 32.6 Å². The molecule has 1 aliphatic carbocycles. The highest BCUT2D eigenvalue weighted by molar-refractivity contribution is 7.19. The third kappa shape index (κ3) is 3.17. The van der Waals surface area contributed by atoms with Crippen LogP contribution in [-0.4, -0.2) is 4.98 Å². The first-order valence-electron chi connectivity index (χ1n) is 9.68. The molecule has 0 N–H and O–H groups in total. The SMILES string of the molecule is Cc1cc(-c2cc(-c3ccccc3)c3c4c(sc3n2)CC(C)CC4)c(C)o1.Cl. The second-order valence-electron chi connectivity index (χ2n) is 7.78. The number of thiophene rings is 1. The number of benzene rings is 1. The molecule has 0 aliphatic heterocycles. The van der Waals surface area contributed by atoms with Crippen LogP contribution in [0.5, 0.6) is 0 Å². The van der Waals surface area contributed by atoms with E-state index in [0.717, 1.165) is 28.7 Å². The Hall–Kier alpha value is -2.10. The lowest BCUT2D eigenvalue weighted by Gasteiger charge is -2.18. The molecule has 3 aromatic heterocycles. The number of hydrogen-bond donors (Lipinski definition) is 0. The minimum atomic E-state index is 0. The predicted octanol–water partition coefficient (Wildman–Crippen LogP) is 7.39. The van der Waals surface area contributed by atoms with Gasteiger partial charge in [-0.25, -0.2) is 4.98 Å². The molecule has 5 rings (SSSR count). The van der Waals surface area contributed by atoms with Gasteiger partial charge in [0, 0.05) is 15.8 Å². The second-order valence-corrected chi connectivity index (χ2v) is 8.86. The van der Waals surface area contributed by atoms with Crippen molar-refractivity contribution in [2.24, 2.45) is 5.92 Å². The maximum atomic E-state index is 5.79. The number of aromatic nitrogens is 1. The van der Waals surface area contributed by atoms with Gasteiger partial charge in [-0.1, -0.05) is 37.3 Å². The maximum Gasteiger partial charge on any atom is 0.125 e. The molecule has 1 aliphatic rings. The van der Waals surface area contributed by atoms with Crippen molar-refractivity contribution in [3.05, 3.63) is 64.4 Å². The van der Waals surface area contributed by atoms with Gasteiger partial charge < -0.3 is 4.42 Å². The number of furan rings is 1. The summed E-state index contributed by atoms with van der Waals surface area (Å²) in [6.07, 6.45) is 3.62. The van der Waals surface area contributed by atoms with E-state index in [1.807, 2.05) is 25.2 Å². The Kier molecular flexibility index (Phi) is 5.07. The Bertz CT molecular complexity index is 1140. The molecule has 0 saturated carbocycles. The summed E-state index contributed by atoms with van der Waals surface area (Å²) in [7, 11) is 0. The van der Waals surface area contributed by atoms with Crippen molar-refractivity contribution in [2.45, 2.75) is 40.0 Å². The van der Waals surface area contributed by atoms with Gasteiger partial charge in [0.1, 0.15) is 16.4 Å². The molecular weight excluding hydrogens is 386 g/mol. The van der Waals surface area contributed by atoms with Crippen molar-refractivity contribution in [3.63, 3.8) is 0 Å². The molecule has 0 amide bonds. The summed E-state index contributed by atoms with van der Waals surface area (Å²) >= 11 is 1.89. The molecule has 4 aromatic rings. The predicted molar refractivity (Wildman–Crippen MR) is 121 cm³/mol. The van der Waals surface area contributed by atoms with E-state index in [9.17, 15) is 0 Å². The Morgan fingerprint density at radius 3 is 2.57 bits per heavy atom. The zero-order chi connectivity index (χ0) is 18.5. The van der Waals surface area contributed by atoms with Crippen LogP contribution in [0, 0.1) is 19.8 Å². The number of nitrogens with zero attached hydrogens (tertiary/aromatic N) is 1. The first kappa shape index (κ1) is 19.2. The Labute approximate surface area is 176 Å². The van der Waals surface area contributed by atoms with E-state index in [1.54, 1.807) is 0 Å². The molecule has 4 heteroatoms. The summed E-state index contributed by atoms with van der Waals surface area (Å²) in [5, 5.41) is 1.37. The molecule has 1 unspecified atom stereocenters. The van der Waals surface area contributed by atoms with Crippen molar-refractivity contribution in [2.75, 3.05) is 0 Å². The van der Waals surface area contributed by atoms with E-state index in [-0.39, 0.29) is 12.4 Å². The maximum absolute atomic E-state index is 5.79. The second kappa shape index (κ2) is 7.38. The largest absolute Gasteiger partial charge is 0.466 e. The number of rotatable bonds is 2. The molecule has 0 spiro atoms. The van der Waals surface area contributed by atoms with E-state index in [0.29, 0.717) is 0 Å². The van der Waals surface area contributed by atoms with Crippen LogP contribution in [0.15, 0.2) is 46.9 Å². The van der Waals surface area contributed by atoms with Crippen molar-refractivity contribution in [3.8, 4) is 22.4 Å². The molecule has 3 heterocycles. The molecule has 1 atom stereocenters. The molecular formula is C24H24ClNOS. The van der Waals surface area contributed by atoms with Crippen LogP contribution in [0.4, 0.5) is 0 Å². The quantitative estimate of drug-likeness (QED) is 0.345. The first-order chi connectivity index (χ1) is 13.1. The van der Waals surface area contributed by atoms with Gasteiger partial charge in [-0.3, -0.25) is 0 Å². The normalized spacial score (nSPS) is 16.0. The lowest BCUT2D eigenvalue weighted by Crippen LogP contribution is -2.08. The van der Waals surface area contributed by atoms with E-state index in [4.69, 9.17) is 9.40 Å². The Morgan fingerprint density at radius 2 is 1.86 bits per heavy atom. The fourth-order valence-electron chi connectivity index (χ4n) is 4.31. The van der Waals surface area contributed by atoms with Gasteiger partial charge in [0.25, 0.3) is 0 Å². The molecule has 0 radical (unpaired) electrons. The standard InChI is InChI=1S/C24H23NOS.ClH/c1-14-9-10-18-22(11-14)27-24-23(18)20(17-7-5-4-6-8-17)13-21(25-24)19-12-15(2)26-16(19)3;/h4-8,12-14H,9-11H2,1-3H3;1H. The monoisotopic (exact) mass is 409 g/mol. The number of fused-ring (bicyclic) bond motifs is 3. The smallest absolute Gasteiger partial charge is 0.125 e. The van der Waals surface area contributed by atoms with E-state index in [2.05, 4.69) is 49.4 Å². The fraction of sp³-hybridized carbons (Fsp3) is 0.292. The fourth-order valence-corrected chi connectivity index (χ4v) is 5.72. The van der Waals surface area contributed by atoms with Crippen LogP contribution in [0.1, 0.15) is 35.3 Å². The molecule has 28 heavy (non-hydrogen) atoms. The van der Waals surface area contributed by atoms with Crippen molar-refractivity contribution >= 4 is 34.0 Å². The number of aryl methyl sites for hydroxylation is 3. The Balaban J connectivity index is 0.00000192. The topological polar surface area (TPSA) is 26.0 Å². The molecule has 0 saturated heterocycles. The summed E-state index contributed by atoms with van der Waals surface area (Å²) in [4.78, 5) is 7.80. The average Bonchev–Trinajstić information content (AvgIpc) is 3.19. The third-order valence-electron chi connectivity index (χ3n) is 5.67. The minimum Gasteiger partial charge on any atom is -0.466 e. The zero-order valence-electron chi connectivity index (χ0n) is 16.4. The first-order valence-corrected chi connectivity index (χ1v) is 10.5. The van der Waals surface area contributed by atoms with E-state index < -0.39 is 0 Å². The van der Waals surface area contributed by atoms with Gasteiger partial charge in [-0.15, -0.1) is 23.7 Å². The molecule has 0 fully saturated rings. The number of hydrogen-bond acceptors (Lipinski definition) is 3. The van der Waals surface area contributed by atoms with Gasteiger partial charge in [0.05, 0.1) is 5.69 Å². The lowest BCUT2D eigenvalue weighted by molar-refractivity contribution is 0.505. The molecule has 2 nitrogen and oxygen atoms in total.